The molecule has 0 saturated carbocycles. The Bertz CT molecular complexity index is 416. The molecule has 0 aliphatic carbocycles. The van der Waals surface area contributed by atoms with Crippen molar-refractivity contribution >= 4 is 0 Å². The van der Waals surface area contributed by atoms with E-state index in [1.165, 1.54) is 141 Å². The third-order valence-corrected chi connectivity index (χ3v) is 6.97. The summed E-state index contributed by atoms with van der Waals surface area (Å²) < 4.78 is 5.20. The van der Waals surface area contributed by atoms with Gasteiger partial charge < -0.3 is 14.7 Å². The molecule has 3 nitrogen and oxygen atoms in total. The van der Waals surface area contributed by atoms with Crippen LogP contribution in [-0.4, -0.2) is 30.5 Å². The molecule has 0 radical (unpaired) electrons. The van der Waals surface area contributed by atoms with Crippen LogP contribution in [0.15, 0.2) is 0 Å². The number of unbranched alkanes of at least 4 members (excludes halogenated alkanes) is 20. The van der Waals surface area contributed by atoms with E-state index in [0.29, 0.717) is 6.10 Å². The summed E-state index contributed by atoms with van der Waals surface area (Å²) in [4.78, 5) is 3.21. The Morgan fingerprint density at radius 1 is 0.647 bits per heavy atom. The van der Waals surface area contributed by atoms with E-state index < -0.39 is 0 Å². The van der Waals surface area contributed by atoms with Crippen molar-refractivity contribution in [3.8, 4) is 0 Å². The van der Waals surface area contributed by atoms with E-state index >= 15 is 0 Å². The molecule has 0 aromatic rings. The highest BCUT2D eigenvalue weighted by atomic mass is 16.6. The third-order valence-electron chi connectivity index (χ3n) is 6.97. The summed E-state index contributed by atoms with van der Waals surface area (Å²) in [5, 5.41) is 9.38. The molecule has 0 spiro atoms. The molecule has 2 atom stereocenters. The molecular formula is C31H61NO2. The van der Waals surface area contributed by atoms with Gasteiger partial charge in [-0.2, -0.15) is 0 Å². The highest BCUT2D eigenvalue weighted by Crippen LogP contribution is 2.18. The Labute approximate surface area is 214 Å². The first kappa shape index (κ1) is 33.4. The predicted molar refractivity (Wildman–Crippen MR) is 149 cm³/mol. The summed E-state index contributed by atoms with van der Waals surface area (Å²) >= 11 is 0. The Hall–Kier alpha value is -0.590. The molecule has 1 fully saturated rings. The quantitative estimate of drug-likeness (QED) is 0.0803. The van der Waals surface area contributed by atoms with Crippen LogP contribution in [0, 0.1) is 6.57 Å². The largest absolute Gasteiger partial charge is 0.385 e. The summed E-state index contributed by atoms with van der Waals surface area (Å²) in [6.45, 7) is 12.5. The molecule has 0 amide bonds. The van der Waals surface area contributed by atoms with Gasteiger partial charge in [-0.15, -0.1) is 0 Å². The molecule has 1 aliphatic heterocycles. The molecule has 0 bridgehead atoms. The number of aliphatic hydroxyl groups excluding tert-OH is 1. The van der Waals surface area contributed by atoms with Gasteiger partial charge in [0.15, 0.2) is 0 Å². The number of hydrogen-bond acceptors (Lipinski definition) is 2. The molecule has 1 rings (SSSR count). The topological polar surface area (TPSA) is 37.1 Å². The lowest BCUT2D eigenvalue weighted by Gasteiger charge is -2.04. The normalized spacial score (nSPS) is 15.4. The van der Waals surface area contributed by atoms with E-state index in [-0.39, 0.29) is 12.6 Å². The maximum atomic E-state index is 9.38. The molecule has 34 heavy (non-hydrogen) atoms. The van der Waals surface area contributed by atoms with Gasteiger partial charge in [-0.1, -0.05) is 155 Å². The number of rotatable bonds is 25. The van der Waals surface area contributed by atoms with Crippen LogP contribution in [0.1, 0.15) is 168 Å². The maximum absolute atomic E-state index is 9.38. The zero-order valence-corrected chi connectivity index (χ0v) is 23.3. The zero-order chi connectivity index (χ0) is 25.0. The summed E-state index contributed by atoms with van der Waals surface area (Å²) in [5.74, 6) is 0. The molecular weight excluding hydrogens is 418 g/mol. The number of aliphatic hydroxyl groups is 1. The Balaban J connectivity index is 0.000000644. The van der Waals surface area contributed by atoms with Crippen LogP contribution >= 0.6 is 0 Å². The molecule has 1 aliphatic rings. The molecule has 3 heteroatoms. The summed E-state index contributed by atoms with van der Waals surface area (Å²) in [6.07, 6.45) is 32.9. The van der Waals surface area contributed by atoms with Crippen LogP contribution in [0.25, 0.3) is 4.85 Å². The van der Waals surface area contributed by atoms with Crippen molar-refractivity contribution in [2.24, 2.45) is 0 Å². The first-order chi connectivity index (χ1) is 16.7. The smallest absolute Gasteiger partial charge is 0.240 e. The van der Waals surface area contributed by atoms with Gasteiger partial charge in [0.25, 0.3) is 0 Å². The van der Waals surface area contributed by atoms with Crippen molar-refractivity contribution in [3.63, 3.8) is 0 Å². The van der Waals surface area contributed by atoms with Gasteiger partial charge in [-0.25, -0.2) is 6.57 Å². The molecule has 0 aromatic heterocycles. The standard InChI is InChI=1S/C16H31NO.C15H30O/c1-3-4-5-6-7-8-9-10-11-12-13-14-16(18)15-17-2;1-2-3-4-5-6-7-8-9-10-11-12-13-15-14-16-15/h16,18H,3-15H2,1H3;15H,2-14H2,1H3. The fraction of sp³-hybridized carbons (Fsp3) is 0.968. The maximum Gasteiger partial charge on any atom is 0.240 e. The molecule has 1 saturated heterocycles. The van der Waals surface area contributed by atoms with Gasteiger partial charge >= 0.3 is 0 Å². The van der Waals surface area contributed by atoms with Crippen LogP contribution in [0.4, 0.5) is 0 Å². The number of ether oxygens (including phenoxy) is 1. The fourth-order valence-electron chi connectivity index (χ4n) is 4.51. The summed E-state index contributed by atoms with van der Waals surface area (Å²) in [7, 11) is 0. The Morgan fingerprint density at radius 3 is 1.35 bits per heavy atom. The lowest BCUT2D eigenvalue weighted by Crippen LogP contribution is -2.08. The van der Waals surface area contributed by atoms with E-state index in [1.807, 2.05) is 0 Å². The van der Waals surface area contributed by atoms with E-state index in [2.05, 4.69) is 18.7 Å². The van der Waals surface area contributed by atoms with Crippen molar-refractivity contribution in [1.29, 1.82) is 0 Å². The van der Waals surface area contributed by atoms with Crippen LogP contribution in [-0.2, 0) is 4.74 Å². The van der Waals surface area contributed by atoms with E-state index in [0.717, 1.165) is 19.4 Å². The van der Waals surface area contributed by atoms with E-state index in [9.17, 15) is 5.11 Å². The highest BCUT2D eigenvalue weighted by molar-refractivity contribution is 4.68. The second kappa shape index (κ2) is 28.6. The van der Waals surface area contributed by atoms with Crippen LogP contribution in [0.3, 0.4) is 0 Å². The van der Waals surface area contributed by atoms with Gasteiger partial charge in [0.2, 0.25) is 6.54 Å². The van der Waals surface area contributed by atoms with Crippen molar-refractivity contribution in [1.82, 2.24) is 0 Å². The van der Waals surface area contributed by atoms with Gasteiger partial charge in [0, 0.05) is 0 Å². The number of epoxide rings is 1. The van der Waals surface area contributed by atoms with Crippen LogP contribution in [0.2, 0.25) is 0 Å². The summed E-state index contributed by atoms with van der Waals surface area (Å²) in [5.41, 5.74) is 0. The Kier molecular flexibility index (Phi) is 28.1. The molecule has 202 valence electrons. The first-order valence-corrected chi connectivity index (χ1v) is 15.4. The SMILES string of the molecule is CCCCCCCCCCCCCC1CO1.[C-]#[N+]CC(O)CCCCCCCCCCCCC. The minimum atomic E-state index is -0.388. The Morgan fingerprint density at radius 2 is 1.00 bits per heavy atom. The van der Waals surface area contributed by atoms with Gasteiger partial charge in [-0.05, 0) is 12.8 Å². The summed E-state index contributed by atoms with van der Waals surface area (Å²) in [6, 6.07) is 0. The second-order valence-corrected chi connectivity index (χ2v) is 10.6. The minimum absolute atomic E-state index is 0.276. The number of hydrogen-bond donors (Lipinski definition) is 1. The molecule has 1 N–H and O–H groups in total. The second-order valence-electron chi connectivity index (χ2n) is 10.6. The zero-order valence-electron chi connectivity index (χ0n) is 23.3. The molecule has 1 heterocycles. The monoisotopic (exact) mass is 479 g/mol. The van der Waals surface area contributed by atoms with Gasteiger partial charge in [0.05, 0.1) is 12.7 Å². The van der Waals surface area contributed by atoms with Crippen molar-refractivity contribution in [2.45, 2.75) is 180 Å². The molecule has 2 unspecified atom stereocenters. The van der Waals surface area contributed by atoms with E-state index in [4.69, 9.17) is 11.3 Å². The highest BCUT2D eigenvalue weighted by Gasteiger charge is 2.20. The average molecular weight is 480 g/mol. The predicted octanol–water partition coefficient (Wildman–Crippen LogP) is 10.1. The average Bonchev–Trinajstić information content (AvgIpc) is 3.66. The van der Waals surface area contributed by atoms with Crippen molar-refractivity contribution in [3.05, 3.63) is 11.4 Å². The van der Waals surface area contributed by atoms with Crippen LogP contribution < -0.4 is 0 Å². The molecule has 0 aromatic carbocycles. The van der Waals surface area contributed by atoms with Gasteiger partial charge in [0.1, 0.15) is 6.10 Å². The van der Waals surface area contributed by atoms with Gasteiger partial charge in [-0.3, -0.25) is 0 Å². The minimum Gasteiger partial charge on any atom is -0.385 e. The lowest BCUT2D eigenvalue weighted by atomic mass is 10.0. The third kappa shape index (κ3) is 29.4. The fourth-order valence-corrected chi connectivity index (χ4v) is 4.51. The number of nitrogens with zero attached hydrogens (tertiary/aromatic N) is 1. The van der Waals surface area contributed by atoms with E-state index in [1.54, 1.807) is 0 Å². The van der Waals surface area contributed by atoms with Crippen molar-refractivity contribution < 1.29 is 9.84 Å². The first-order valence-electron chi connectivity index (χ1n) is 15.4. The lowest BCUT2D eigenvalue weighted by molar-refractivity contribution is 0.176. The van der Waals surface area contributed by atoms with Crippen molar-refractivity contribution in [2.75, 3.05) is 13.2 Å². The van der Waals surface area contributed by atoms with Crippen LogP contribution in [0.5, 0.6) is 0 Å².